The molecule has 0 atom stereocenters. The molecule has 158 valence electrons. The van der Waals surface area contributed by atoms with Gasteiger partial charge in [0.2, 0.25) is 0 Å². The monoisotopic (exact) mass is 423 g/mol. The molecule has 0 fully saturated rings. The zero-order chi connectivity index (χ0) is 22.7. The molecule has 3 aromatic carbocycles. The third-order valence-corrected chi connectivity index (χ3v) is 5.34. The van der Waals surface area contributed by atoms with Crippen LogP contribution in [-0.2, 0) is 9.59 Å². The second-order valence-electron chi connectivity index (χ2n) is 7.11. The van der Waals surface area contributed by atoms with Gasteiger partial charge in [-0.3, -0.25) is 9.59 Å². The lowest BCUT2D eigenvalue weighted by Crippen LogP contribution is -2.35. The molecule has 1 aliphatic rings. The maximum atomic E-state index is 13.7. The third-order valence-electron chi connectivity index (χ3n) is 5.34. The minimum atomic E-state index is -0.436. The van der Waals surface area contributed by atoms with Crippen molar-refractivity contribution in [3.05, 3.63) is 95.7 Å². The Bertz CT molecular complexity index is 1240. The molecule has 0 spiro atoms. The van der Waals surface area contributed by atoms with E-state index in [1.807, 2.05) is 54.3 Å². The fourth-order valence-corrected chi connectivity index (χ4v) is 3.86. The van der Waals surface area contributed by atoms with Crippen molar-refractivity contribution in [1.29, 1.82) is 5.26 Å². The molecule has 2 amide bonds. The highest BCUT2D eigenvalue weighted by molar-refractivity contribution is 6.46. The average molecular weight is 423 g/mol. The highest BCUT2D eigenvalue weighted by Gasteiger charge is 2.43. The van der Waals surface area contributed by atoms with Crippen LogP contribution in [0.25, 0.3) is 5.57 Å². The number of para-hydroxylation sites is 2. The lowest BCUT2D eigenvalue weighted by molar-refractivity contribution is -0.120. The maximum Gasteiger partial charge on any atom is 0.282 e. The Morgan fingerprint density at radius 3 is 2.19 bits per heavy atom. The molecule has 3 aromatic rings. The van der Waals surface area contributed by atoms with Gasteiger partial charge in [0.15, 0.2) is 0 Å². The number of imide groups is 1. The lowest BCUT2D eigenvalue weighted by Gasteiger charge is -2.25. The number of carbonyl (C=O) groups excluding carboxylic acids is 2. The van der Waals surface area contributed by atoms with Crippen molar-refractivity contribution in [2.75, 3.05) is 23.5 Å². The molecule has 0 unspecified atom stereocenters. The largest absolute Gasteiger partial charge is 0.496 e. The molecular weight excluding hydrogens is 402 g/mol. The maximum absolute atomic E-state index is 13.7. The van der Waals surface area contributed by atoms with Crippen molar-refractivity contribution >= 4 is 28.8 Å². The summed E-state index contributed by atoms with van der Waals surface area (Å²) in [4.78, 5) is 30.4. The number of amides is 2. The third kappa shape index (κ3) is 3.50. The van der Waals surface area contributed by atoms with Crippen molar-refractivity contribution < 1.29 is 14.3 Å². The number of methoxy groups -OCH3 is 1. The van der Waals surface area contributed by atoms with Gasteiger partial charge in [-0.2, -0.15) is 5.26 Å². The van der Waals surface area contributed by atoms with E-state index in [1.54, 1.807) is 36.4 Å². The van der Waals surface area contributed by atoms with Crippen molar-refractivity contribution in [2.45, 2.75) is 6.92 Å². The quantitative estimate of drug-likeness (QED) is 0.550. The molecule has 0 aromatic heterocycles. The molecular formula is C26H21N3O3. The van der Waals surface area contributed by atoms with Crippen LogP contribution in [0.4, 0.5) is 11.4 Å². The fourth-order valence-electron chi connectivity index (χ4n) is 3.86. The van der Waals surface area contributed by atoms with Gasteiger partial charge in [0.05, 0.1) is 30.0 Å². The van der Waals surface area contributed by atoms with Gasteiger partial charge in [-0.05, 0) is 49.4 Å². The van der Waals surface area contributed by atoms with E-state index < -0.39 is 11.8 Å². The number of anilines is 2. The van der Waals surface area contributed by atoms with Crippen LogP contribution in [-0.4, -0.2) is 25.5 Å². The number of rotatable bonds is 6. The van der Waals surface area contributed by atoms with Crippen LogP contribution in [0.5, 0.6) is 5.75 Å². The molecule has 0 N–H and O–H groups in total. The summed E-state index contributed by atoms with van der Waals surface area (Å²) in [6.45, 7) is 2.42. The first kappa shape index (κ1) is 20.9. The first-order chi connectivity index (χ1) is 15.6. The van der Waals surface area contributed by atoms with Gasteiger partial charge in [0.1, 0.15) is 11.4 Å². The van der Waals surface area contributed by atoms with E-state index in [-0.39, 0.29) is 11.3 Å². The number of hydrogen-bond donors (Lipinski definition) is 0. The number of ether oxygens (including phenoxy) is 1. The predicted octanol–water partition coefficient (Wildman–Crippen LogP) is 4.38. The number of nitrogens with zero attached hydrogens (tertiary/aromatic N) is 3. The van der Waals surface area contributed by atoms with E-state index in [0.717, 1.165) is 10.6 Å². The van der Waals surface area contributed by atoms with Crippen LogP contribution in [0.2, 0.25) is 0 Å². The van der Waals surface area contributed by atoms with Crippen molar-refractivity contribution in [2.24, 2.45) is 0 Å². The van der Waals surface area contributed by atoms with Crippen molar-refractivity contribution in [1.82, 2.24) is 0 Å². The number of likely N-dealkylation sites (N-methyl/N-ethyl adjacent to an activating group) is 1. The van der Waals surface area contributed by atoms with E-state index in [4.69, 9.17) is 10.00 Å². The van der Waals surface area contributed by atoms with Crippen molar-refractivity contribution in [3.63, 3.8) is 0 Å². The molecule has 1 aliphatic heterocycles. The van der Waals surface area contributed by atoms with Crippen LogP contribution in [0.1, 0.15) is 18.1 Å². The summed E-state index contributed by atoms with van der Waals surface area (Å²) < 4.78 is 5.51. The Hall–Kier alpha value is -4.37. The van der Waals surface area contributed by atoms with Gasteiger partial charge in [-0.15, -0.1) is 0 Å². The van der Waals surface area contributed by atoms with Crippen LogP contribution in [0.3, 0.4) is 0 Å². The summed E-state index contributed by atoms with van der Waals surface area (Å²) in [6.07, 6.45) is 0. The molecule has 32 heavy (non-hydrogen) atoms. The van der Waals surface area contributed by atoms with Gasteiger partial charge in [0.25, 0.3) is 11.8 Å². The number of benzene rings is 3. The molecule has 0 saturated carbocycles. The zero-order valence-electron chi connectivity index (χ0n) is 17.8. The highest BCUT2D eigenvalue weighted by atomic mass is 16.5. The van der Waals surface area contributed by atoms with E-state index in [9.17, 15) is 9.59 Å². The Kier molecular flexibility index (Phi) is 5.73. The Morgan fingerprint density at radius 1 is 0.906 bits per heavy atom. The summed E-state index contributed by atoms with van der Waals surface area (Å²) in [5, 5.41) is 9.09. The number of hydrogen-bond acceptors (Lipinski definition) is 5. The predicted molar refractivity (Wildman–Crippen MR) is 123 cm³/mol. The second-order valence-corrected chi connectivity index (χ2v) is 7.11. The summed E-state index contributed by atoms with van der Waals surface area (Å²) in [5.74, 6) is -0.355. The minimum Gasteiger partial charge on any atom is -0.496 e. The average Bonchev–Trinajstić information content (AvgIpc) is 3.10. The Balaban J connectivity index is 1.93. The summed E-state index contributed by atoms with van der Waals surface area (Å²) in [6, 6.07) is 25.1. The topological polar surface area (TPSA) is 73.6 Å². The standard InChI is InChI=1S/C26H21N3O3/c1-3-28(19-9-5-4-6-10-19)24-23(21-11-7-8-12-22(21)32-2)25(30)29(26(24)31)20-15-13-18(17-27)14-16-20/h4-16H,3H2,1-2H3. The summed E-state index contributed by atoms with van der Waals surface area (Å²) >= 11 is 0. The molecule has 0 bridgehead atoms. The summed E-state index contributed by atoms with van der Waals surface area (Å²) in [5.41, 5.74) is 2.78. The van der Waals surface area contributed by atoms with Gasteiger partial charge >= 0.3 is 0 Å². The van der Waals surface area contributed by atoms with Gasteiger partial charge in [-0.25, -0.2) is 4.90 Å². The molecule has 0 aliphatic carbocycles. The van der Waals surface area contributed by atoms with Crippen LogP contribution < -0.4 is 14.5 Å². The SMILES string of the molecule is CCN(C1=C(c2ccccc2OC)C(=O)N(c2ccc(C#N)cc2)C1=O)c1ccccc1. The lowest BCUT2D eigenvalue weighted by atomic mass is 10.0. The Labute approximate surface area is 186 Å². The normalized spacial score (nSPS) is 13.3. The summed E-state index contributed by atoms with van der Waals surface area (Å²) in [7, 11) is 1.54. The molecule has 0 radical (unpaired) electrons. The van der Waals surface area contributed by atoms with Crippen LogP contribution >= 0.6 is 0 Å². The molecule has 6 nitrogen and oxygen atoms in total. The van der Waals surface area contributed by atoms with Crippen LogP contribution in [0.15, 0.2) is 84.6 Å². The van der Waals surface area contributed by atoms with Gasteiger partial charge in [0, 0.05) is 17.8 Å². The van der Waals surface area contributed by atoms with Gasteiger partial charge in [-0.1, -0.05) is 36.4 Å². The second kappa shape index (κ2) is 8.78. The van der Waals surface area contributed by atoms with E-state index in [0.29, 0.717) is 29.1 Å². The first-order valence-electron chi connectivity index (χ1n) is 10.2. The number of nitriles is 1. The highest BCUT2D eigenvalue weighted by Crippen LogP contribution is 2.39. The fraction of sp³-hybridized carbons (Fsp3) is 0.115. The van der Waals surface area contributed by atoms with Crippen LogP contribution in [0, 0.1) is 11.3 Å². The minimum absolute atomic E-state index is 0.280. The van der Waals surface area contributed by atoms with E-state index in [1.165, 1.54) is 7.11 Å². The smallest absolute Gasteiger partial charge is 0.282 e. The zero-order valence-corrected chi connectivity index (χ0v) is 17.8. The Morgan fingerprint density at radius 2 is 1.56 bits per heavy atom. The molecule has 6 heteroatoms. The van der Waals surface area contributed by atoms with E-state index in [2.05, 4.69) is 6.07 Å². The van der Waals surface area contributed by atoms with Gasteiger partial charge < -0.3 is 9.64 Å². The molecule has 0 saturated heterocycles. The van der Waals surface area contributed by atoms with E-state index >= 15 is 0 Å². The molecule has 1 heterocycles. The van der Waals surface area contributed by atoms with Crippen molar-refractivity contribution in [3.8, 4) is 11.8 Å². The first-order valence-corrected chi connectivity index (χ1v) is 10.2. The number of carbonyl (C=O) groups is 2. The molecule has 4 rings (SSSR count).